The van der Waals surface area contributed by atoms with Crippen LogP contribution in [0.25, 0.3) is 11.2 Å². The van der Waals surface area contributed by atoms with E-state index in [-0.39, 0.29) is 45.3 Å². The number of nitrogens with zero attached hydrogens (tertiary/aromatic N) is 6. The van der Waals surface area contributed by atoms with Gasteiger partial charge in [-0.25, -0.2) is 18.3 Å². The predicted molar refractivity (Wildman–Crippen MR) is 121 cm³/mol. The first-order valence-corrected chi connectivity index (χ1v) is 10.7. The van der Waals surface area contributed by atoms with Crippen molar-refractivity contribution in [2.75, 3.05) is 17.2 Å². The second-order valence-electron chi connectivity index (χ2n) is 8.18. The van der Waals surface area contributed by atoms with Crippen LogP contribution in [0.15, 0.2) is 41.5 Å². The summed E-state index contributed by atoms with van der Waals surface area (Å²) in [6, 6.07) is 3.73. The average molecular weight is 486 g/mol. The maximum Gasteiger partial charge on any atom is 0.284 e. The van der Waals surface area contributed by atoms with E-state index in [1.807, 2.05) is 6.92 Å². The quantitative estimate of drug-likeness (QED) is 0.442. The summed E-state index contributed by atoms with van der Waals surface area (Å²) < 4.78 is 30.7. The molecule has 4 aromatic rings. The molecule has 1 fully saturated rings. The van der Waals surface area contributed by atoms with Gasteiger partial charge in [-0.2, -0.15) is 10.1 Å². The Hall–Kier alpha value is -3.86. The van der Waals surface area contributed by atoms with Crippen LogP contribution < -0.4 is 16.2 Å². The number of anilines is 2. The summed E-state index contributed by atoms with van der Waals surface area (Å²) in [5.41, 5.74) is 5.45. The minimum absolute atomic E-state index is 0.0245. The van der Waals surface area contributed by atoms with E-state index in [0.717, 1.165) is 16.7 Å². The number of carbonyl (C=O) groups is 1. The van der Waals surface area contributed by atoms with Crippen LogP contribution in [-0.2, 0) is 0 Å². The summed E-state index contributed by atoms with van der Waals surface area (Å²) in [5, 5.41) is 4.74. The van der Waals surface area contributed by atoms with Gasteiger partial charge in [0.1, 0.15) is 23.0 Å². The molecule has 1 saturated heterocycles. The van der Waals surface area contributed by atoms with Crippen molar-refractivity contribution in [2.45, 2.75) is 19.9 Å². The van der Waals surface area contributed by atoms with E-state index in [4.69, 9.17) is 17.3 Å². The molecule has 0 radical (unpaired) electrons. The highest BCUT2D eigenvalue weighted by Crippen LogP contribution is 2.42. The fourth-order valence-corrected chi connectivity index (χ4v) is 4.54. The molecule has 3 aromatic heterocycles. The van der Waals surface area contributed by atoms with E-state index in [1.165, 1.54) is 29.9 Å². The Morgan fingerprint density at radius 1 is 1.24 bits per heavy atom. The lowest BCUT2D eigenvalue weighted by atomic mass is 9.88. The summed E-state index contributed by atoms with van der Waals surface area (Å²) in [5.74, 6) is -1.57. The van der Waals surface area contributed by atoms with Gasteiger partial charge in [0.05, 0.1) is 22.3 Å². The van der Waals surface area contributed by atoms with Crippen LogP contribution in [0.2, 0.25) is 5.02 Å². The van der Waals surface area contributed by atoms with E-state index < -0.39 is 23.2 Å². The van der Waals surface area contributed by atoms with Crippen LogP contribution in [-0.4, -0.2) is 36.5 Å². The van der Waals surface area contributed by atoms with E-state index in [1.54, 1.807) is 4.90 Å². The maximum absolute atomic E-state index is 14.1. The van der Waals surface area contributed by atoms with E-state index in [2.05, 4.69) is 15.1 Å². The van der Waals surface area contributed by atoms with Crippen molar-refractivity contribution in [2.24, 2.45) is 5.92 Å². The second-order valence-corrected chi connectivity index (χ2v) is 8.59. The molecule has 0 unspecified atom stereocenters. The Morgan fingerprint density at radius 3 is 2.59 bits per heavy atom. The number of rotatable bonds is 4. The Balaban J connectivity index is 1.78. The molecular formula is C22H18ClF2N7O2. The molecule has 5 rings (SSSR count). The van der Waals surface area contributed by atoms with Crippen molar-refractivity contribution in [3.8, 4) is 5.69 Å². The van der Waals surface area contributed by atoms with E-state index >= 15 is 0 Å². The molecule has 2 N–H and O–H groups in total. The number of hydrogen-bond donors (Lipinski definition) is 1. The minimum Gasteiger partial charge on any atom is -0.368 e. The lowest BCUT2D eigenvalue weighted by Crippen LogP contribution is -2.52. The molecule has 174 valence electrons. The summed E-state index contributed by atoms with van der Waals surface area (Å²) in [4.78, 5) is 35.7. The Labute approximate surface area is 196 Å². The summed E-state index contributed by atoms with van der Waals surface area (Å²) >= 11 is 6.20. The van der Waals surface area contributed by atoms with Crippen molar-refractivity contribution in [3.05, 3.63) is 75.1 Å². The molecule has 0 bridgehead atoms. The molecule has 9 nitrogen and oxygen atoms in total. The predicted octanol–water partition coefficient (Wildman–Crippen LogP) is 3.19. The second kappa shape index (κ2) is 7.87. The number of fused-ring (bicyclic) bond motifs is 1. The average Bonchev–Trinajstić information content (AvgIpc) is 3.11. The van der Waals surface area contributed by atoms with Gasteiger partial charge in [-0.15, -0.1) is 0 Å². The first-order valence-electron chi connectivity index (χ1n) is 10.3. The summed E-state index contributed by atoms with van der Waals surface area (Å²) in [6.07, 6.45) is 2.87. The molecule has 12 heteroatoms. The number of hydrogen-bond acceptors (Lipinski definition) is 7. The topological polar surface area (TPSA) is 111 Å². The van der Waals surface area contributed by atoms with Gasteiger partial charge in [0, 0.05) is 30.9 Å². The number of nitrogens with two attached hydrogens (primary N) is 1. The molecule has 2 atom stereocenters. The molecule has 1 aromatic carbocycles. The largest absolute Gasteiger partial charge is 0.368 e. The SMILES string of the molecule is CC(=O)c1cnc(N)nc1N1C[C@H](C)[C@H]1c1nn2ccc(Cl)c2c(=O)n1-c1cc(F)cc(F)c1. The Bertz CT molecular complexity index is 1510. The number of halogens is 3. The fraction of sp³-hybridized carbons (Fsp3) is 0.227. The van der Waals surface area contributed by atoms with Crippen LogP contribution in [0.5, 0.6) is 0 Å². The smallest absolute Gasteiger partial charge is 0.284 e. The highest BCUT2D eigenvalue weighted by atomic mass is 35.5. The van der Waals surface area contributed by atoms with Crippen molar-refractivity contribution in [1.29, 1.82) is 0 Å². The standard InChI is InChI=1S/C22H18ClF2N7O2/c1-10-9-30(19-15(11(2)33)8-27-22(26)28-19)17(10)20-29-31-4-3-16(23)18(31)21(34)32(20)14-6-12(24)5-13(25)7-14/h3-8,10,17H,9H2,1-2H3,(H2,26,27,28)/t10-,17-/m0/s1. The third-order valence-electron chi connectivity index (χ3n) is 5.83. The lowest BCUT2D eigenvalue weighted by molar-refractivity contribution is 0.101. The third kappa shape index (κ3) is 3.39. The van der Waals surface area contributed by atoms with Gasteiger partial charge in [0.2, 0.25) is 5.95 Å². The van der Waals surface area contributed by atoms with Crippen molar-refractivity contribution < 1.29 is 13.6 Å². The van der Waals surface area contributed by atoms with Gasteiger partial charge in [-0.3, -0.25) is 14.2 Å². The van der Waals surface area contributed by atoms with Crippen LogP contribution in [0.1, 0.15) is 36.1 Å². The Morgan fingerprint density at radius 2 is 1.94 bits per heavy atom. The Kier molecular flexibility index (Phi) is 5.08. The van der Waals surface area contributed by atoms with E-state index in [9.17, 15) is 18.4 Å². The molecule has 0 aliphatic carbocycles. The number of benzene rings is 1. The van der Waals surface area contributed by atoms with Crippen LogP contribution >= 0.6 is 11.6 Å². The number of ketones is 1. The molecular weight excluding hydrogens is 468 g/mol. The molecule has 1 aliphatic heterocycles. The summed E-state index contributed by atoms with van der Waals surface area (Å²) in [7, 11) is 0. The van der Waals surface area contributed by atoms with Crippen molar-refractivity contribution in [1.82, 2.24) is 24.1 Å². The first kappa shape index (κ1) is 22.0. The number of nitrogen functional groups attached to an aromatic ring is 1. The molecule has 34 heavy (non-hydrogen) atoms. The monoisotopic (exact) mass is 485 g/mol. The van der Waals surface area contributed by atoms with Crippen LogP contribution in [0.3, 0.4) is 0 Å². The zero-order valence-corrected chi connectivity index (χ0v) is 18.8. The summed E-state index contributed by atoms with van der Waals surface area (Å²) in [6.45, 7) is 3.78. The highest BCUT2D eigenvalue weighted by Gasteiger charge is 2.43. The maximum atomic E-state index is 14.1. The van der Waals surface area contributed by atoms with Gasteiger partial charge < -0.3 is 10.6 Å². The highest BCUT2D eigenvalue weighted by molar-refractivity contribution is 6.33. The zero-order valence-electron chi connectivity index (χ0n) is 18.0. The number of carbonyl (C=O) groups excluding carboxylic acids is 1. The zero-order chi connectivity index (χ0) is 24.3. The van der Waals surface area contributed by atoms with Gasteiger partial charge in [-0.1, -0.05) is 18.5 Å². The van der Waals surface area contributed by atoms with Crippen molar-refractivity contribution in [3.63, 3.8) is 0 Å². The van der Waals surface area contributed by atoms with Gasteiger partial charge in [-0.05, 0) is 25.1 Å². The number of Topliss-reactive ketones (excluding diaryl/α,β-unsaturated/α-hetero) is 1. The third-order valence-corrected chi connectivity index (χ3v) is 6.14. The van der Waals surface area contributed by atoms with E-state index in [0.29, 0.717) is 18.4 Å². The molecule has 0 spiro atoms. The van der Waals surface area contributed by atoms with Gasteiger partial charge in [0.15, 0.2) is 11.6 Å². The molecule has 4 heterocycles. The molecule has 0 saturated carbocycles. The first-order chi connectivity index (χ1) is 16.2. The van der Waals surface area contributed by atoms with Gasteiger partial charge in [0.25, 0.3) is 5.56 Å². The van der Waals surface area contributed by atoms with Crippen LogP contribution in [0.4, 0.5) is 20.5 Å². The molecule has 0 amide bonds. The molecule has 1 aliphatic rings. The normalized spacial score (nSPS) is 17.7. The fourth-order valence-electron chi connectivity index (χ4n) is 4.32. The number of aromatic nitrogens is 5. The minimum atomic E-state index is -0.852. The van der Waals surface area contributed by atoms with Crippen LogP contribution in [0, 0.1) is 17.6 Å². The lowest BCUT2D eigenvalue weighted by Gasteiger charge is -2.47. The van der Waals surface area contributed by atoms with Crippen molar-refractivity contribution >= 4 is 34.7 Å². The van der Waals surface area contributed by atoms with Gasteiger partial charge >= 0.3 is 0 Å².